The van der Waals surface area contributed by atoms with Crippen molar-refractivity contribution >= 4 is 0 Å². The third kappa shape index (κ3) is 3.09. The van der Waals surface area contributed by atoms with E-state index in [9.17, 15) is 0 Å². The second-order valence-electron chi connectivity index (χ2n) is 2.64. The quantitative estimate of drug-likeness (QED) is 0.711. The van der Waals surface area contributed by atoms with E-state index in [4.69, 9.17) is 0 Å². The van der Waals surface area contributed by atoms with Crippen molar-refractivity contribution in [3.05, 3.63) is 36.7 Å². The zero-order valence-corrected chi connectivity index (χ0v) is 9.18. The molecule has 0 radical (unpaired) electrons. The summed E-state index contributed by atoms with van der Waals surface area (Å²) in [7, 11) is 0. The Balaban J connectivity index is 0.000000531. The zero-order chi connectivity index (χ0) is 11.1. The fraction of sp³-hybridized carbons (Fsp3) is 0.273. The van der Waals surface area contributed by atoms with Crippen LogP contribution in [0.1, 0.15) is 19.5 Å². The molecule has 4 heteroatoms. The van der Waals surface area contributed by atoms with E-state index in [0.29, 0.717) is 0 Å². The molecule has 0 atom stereocenters. The summed E-state index contributed by atoms with van der Waals surface area (Å²) < 4.78 is 0. The summed E-state index contributed by atoms with van der Waals surface area (Å²) in [5.41, 5.74) is 2.58. The Bertz CT molecular complexity index is 400. The minimum Gasteiger partial charge on any atom is -0.245 e. The molecule has 2 aromatic rings. The monoisotopic (exact) mass is 202 g/mol. The summed E-state index contributed by atoms with van der Waals surface area (Å²) in [4.78, 5) is 16.0. The van der Waals surface area contributed by atoms with Crippen LogP contribution in [0.2, 0.25) is 0 Å². The Hall–Kier alpha value is -1.84. The lowest BCUT2D eigenvalue weighted by Gasteiger charge is -1.98. The molecule has 0 aliphatic rings. The van der Waals surface area contributed by atoms with E-state index in [1.54, 1.807) is 6.20 Å². The van der Waals surface area contributed by atoms with E-state index >= 15 is 0 Å². The predicted octanol–water partition coefficient (Wildman–Crippen LogP) is 2.27. The van der Waals surface area contributed by atoms with E-state index in [0.717, 1.165) is 17.1 Å². The first-order valence-electron chi connectivity index (χ1n) is 4.91. The highest BCUT2D eigenvalue weighted by Crippen LogP contribution is 2.11. The van der Waals surface area contributed by atoms with Crippen molar-refractivity contribution in [1.82, 2.24) is 19.9 Å². The van der Waals surface area contributed by atoms with Gasteiger partial charge in [0.1, 0.15) is 12.7 Å². The van der Waals surface area contributed by atoms with Crippen LogP contribution in [0, 0.1) is 6.92 Å². The van der Waals surface area contributed by atoms with Gasteiger partial charge < -0.3 is 0 Å². The molecular weight excluding hydrogens is 188 g/mol. The maximum atomic E-state index is 4.11. The standard InChI is InChI=1S/C9H8N4.C2H6/c1-7-4-9(13-6-11-7)8-2-3-10-5-12-8;1-2/h2-6H,1H3;1-2H3. The topological polar surface area (TPSA) is 51.6 Å². The lowest BCUT2D eigenvalue weighted by Crippen LogP contribution is -1.90. The van der Waals surface area contributed by atoms with Gasteiger partial charge in [-0.3, -0.25) is 0 Å². The minimum atomic E-state index is 0.820. The van der Waals surface area contributed by atoms with Crippen LogP contribution < -0.4 is 0 Å². The predicted molar refractivity (Wildman–Crippen MR) is 59.1 cm³/mol. The van der Waals surface area contributed by atoms with Crippen LogP contribution >= 0.6 is 0 Å². The maximum absolute atomic E-state index is 4.11. The van der Waals surface area contributed by atoms with Crippen LogP contribution in [0.5, 0.6) is 0 Å². The minimum absolute atomic E-state index is 0.820. The molecule has 0 spiro atoms. The van der Waals surface area contributed by atoms with E-state index in [1.807, 2.05) is 32.9 Å². The lowest BCUT2D eigenvalue weighted by atomic mass is 10.2. The van der Waals surface area contributed by atoms with Crippen LogP contribution in [0.25, 0.3) is 11.4 Å². The van der Waals surface area contributed by atoms with Crippen molar-refractivity contribution in [1.29, 1.82) is 0 Å². The van der Waals surface area contributed by atoms with Crippen LogP contribution in [0.4, 0.5) is 0 Å². The summed E-state index contributed by atoms with van der Waals surface area (Å²) in [5, 5.41) is 0. The molecule has 0 saturated carbocycles. The van der Waals surface area contributed by atoms with Crippen LogP contribution in [0.15, 0.2) is 31.0 Å². The fourth-order valence-corrected chi connectivity index (χ4v) is 1.04. The number of aromatic nitrogens is 4. The number of hydrogen-bond acceptors (Lipinski definition) is 4. The van der Waals surface area contributed by atoms with Gasteiger partial charge in [-0.2, -0.15) is 0 Å². The van der Waals surface area contributed by atoms with Gasteiger partial charge in [-0.15, -0.1) is 0 Å². The summed E-state index contributed by atoms with van der Waals surface area (Å²) in [6, 6.07) is 3.71. The highest BCUT2D eigenvalue weighted by molar-refractivity contribution is 5.52. The molecule has 0 aliphatic heterocycles. The van der Waals surface area contributed by atoms with E-state index in [2.05, 4.69) is 19.9 Å². The van der Waals surface area contributed by atoms with Crippen molar-refractivity contribution in [2.24, 2.45) is 0 Å². The average molecular weight is 202 g/mol. The van der Waals surface area contributed by atoms with Crippen molar-refractivity contribution in [3.63, 3.8) is 0 Å². The molecule has 0 unspecified atom stereocenters. The molecule has 78 valence electrons. The molecule has 0 fully saturated rings. The van der Waals surface area contributed by atoms with Crippen molar-refractivity contribution in [2.45, 2.75) is 20.8 Å². The highest BCUT2D eigenvalue weighted by atomic mass is 14.9. The number of nitrogens with zero attached hydrogens (tertiary/aromatic N) is 4. The van der Waals surface area contributed by atoms with Crippen LogP contribution in [0.3, 0.4) is 0 Å². The normalized spacial score (nSPS) is 9.00. The SMILES string of the molecule is CC.Cc1cc(-c2ccncn2)ncn1. The van der Waals surface area contributed by atoms with Gasteiger partial charge in [0.2, 0.25) is 0 Å². The number of rotatable bonds is 1. The Morgan fingerprint density at radius 3 is 2.27 bits per heavy atom. The zero-order valence-electron chi connectivity index (χ0n) is 9.18. The molecule has 2 heterocycles. The van der Waals surface area contributed by atoms with Gasteiger partial charge in [-0.05, 0) is 19.1 Å². The van der Waals surface area contributed by atoms with Gasteiger partial charge in [-0.25, -0.2) is 19.9 Å². The number of aryl methyl sites for hydroxylation is 1. The van der Waals surface area contributed by atoms with Gasteiger partial charge in [0, 0.05) is 11.9 Å². The van der Waals surface area contributed by atoms with Crippen LogP contribution in [-0.4, -0.2) is 19.9 Å². The highest BCUT2D eigenvalue weighted by Gasteiger charge is 1.99. The van der Waals surface area contributed by atoms with E-state index in [1.165, 1.54) is 12.7 Å². The van der Waals surface area contributed by atoms with Gasteiger partial charge in [-0.1, -0.05) is 13.8 Å². The number of hydrogen-bond donors (Lipinski definition) is 0. The lowest BCUT2D eigenvalue weighted by molar-refractivity contribution is 1.08. The first-order valence-corrected chi connectivity index (χ1v) is 4.91. The first kappa shape index (κ1) is 11.2. The molecule has 0 bridgehead atoms. The maximum Gasteiger partial charge on any atom is 0.116 e. The molecular formula is C11H14N4. The van der Waals surface area contributed by atoms with E-state index < -0.39 is 0 Å². The molecule has 0 amide bonds. The molecule has 2 aromatic heterocycles. The molecule has 0 saturated heterocycles. The summed E-state index contributed by atoms with van der Waals surface area (Å²) in [6.07, 6.45) is 4.74. The van der Waals surface area contributed by atoms with Crippen molar-refractivity contribution < 1.29 is 0 Å². The van der Waals surface area contributed by atoms with Gasteiger partial charge in [0.05, 0.1) is 11.4 Å². The second kappa shape index (κ2) is 5.80. The molecule has 0 aromatic carbocycles. The molecule has 4 nitrogen and oxygen atoms in total. The third-order valence-electron chi connectivity index (χ3n) is 1.65. The Morgan fingerprint density at radius 1 is 0.933 bits per heavy atom. The Kier molecular flexibility index (Phi) is 4.34. The molecule has 0 aliphatic carbocycles. The summed E-state index contributed by atoms with van der Waals surface area (Å²) in [6.45, 7) is 5.92. The largest absolute Gasteiger partial charge is 0.245 e. The molecule has 0 N–H and O–H groups in total. The molecule has 2 rings (SSSR count). The Labute approximate surface area is 89.5 Å². The summed E-state index contributed by atoms with van der Waals surface area (Å²) in [5.74, 6) is 0. The second-order valence-corrected chi connectivity index (χ2v) is 2.64. The molecule has 15 heavy (non-hydrogen) atoms. The summed E-state index contributed by atoms with van der Waals surface area (Å²) >= 11 is 0. The van der Waals surface area contributed by atoms with Gasteiger partial charge >= 0.3 is 0 Å². The van der Waals surface area contributed by atoms with Crippen molar-refractivity contribution in [3.8, 4) is 11.4 Å². The first-order chi connectivity index (χ1) is 7.36. The smallest absolute Gasteiger partial charge is 0.116 e. The Morgan fingerprint density at radius 2 is 1.67 bits per heavy atom. The fourth-order valence-electron chi connectivity index (χ4n) is 1.04. The third-order valence-corrected chi connectivity index (χ3v) is 1.65. The van der Waals surface area contributed by atoms with Crippen LogP contribution in [-0.2, 0) is 0 Å². The van der Waals surface area contributed by atoms with Crippen molar-refractivity contribution in [2.75, 3.05) is 0 Å². The van der Waals surface area contributed by atoms with Gasteiger partial charge in [0.25, 0.3) is 0 Å². The van der Waals surface area contributed by atoms with Gasteiger partial charge in [0.15, 0.2) is 0 Å². The van der Waals surface area contributed by atoms with E-state index in [-0.39, 0.29) is 0 Å². The average Bonchev–Trinajstić information content (AvgIpc) is 2.33.